The molecule has 0 aliphatic heterocycles. The van der Waals surface area contributed by atoms with Gasteiger partial charge in [-0.05, 0) is 35.9 Å². The van der Waals surface area contributed by atoms with Crippen molar-refractivity contribution in [3.05, 3.63) is 129 Å². The van der Waals surface area contributed by atoms with Crippen molar-refractivity contribution in [1.29, 1.82) is 0 Å². The molecule has 0 saturated carbocycles. The molecule has 0 aliphatic carbocycles. The topological polar surface area (TPSA) is 95.2 Å². The van der Waals surface area contributed by atoms with Crippen LogP contribution in [-0.4, -0.2) is 33.3 Å². The van der Waals surface area contributed by atoms with Gasteiger partial charge < -0.3 is 14.6 Å². The van der Waals surface area contributed by atoms with Crippen LogP contribution in [0.2, 0.25) is 5.02 Å². The fourth-order valence-corrected chi connectivity index (χ4v) is 4.50. The molecule has 8 nitrogen and oxygen atoms in total. The molecule has 0 spiro atoms. The number of esters is 1. The fraction of sp³-hybridized carbons (Fsp3) is 0.103. The van der Waals surface area contributed by atoms with Crippen LogP contribution in [0, 0.1) is 0 Å². The first kappa shape index (κ1) is 25.0. The monoisotopic (exact) mass is 526 g/mol. The number of para-hydroxylation sites is 1. The van der Waals surface area contributed by atoms with E-state index in [1.165, 1.54) is 13.3 Å². The maximum absolute atomic E-state index is 13.6. The Labute approximate surface area is 223 Å². The third-order valence-corrected chi connectivity index (χ3v) is 6.37. The summed E-state index contributed by atoms with van der Waals surface area (Å²) in [5, 5.41) is 7.80. The Morgan fingerprint density at radius 3 is 2.42 bits per heavy atom. The van der Waals surface area contributed by atoms with Gasteiger partial charge in [0.1, 0.15) is 5.69 Å². The van der Waals surface area contributed by atoms with Crippen molar-refractivity contribution in [2.24, 2.45) is 0 Å². The minimum absolute atomic E-state index is 0.0125. The van der Waals surface area contributed by atoms with E-state index in [4.69, 9.17) is 16.3 Å². The summed E-state index contributed by atoms with van der Waals surface area (Å²) >= 11 is 6.26. The molecule has 0 unspecified atom stereocenters. The standard InChI is InChI=1S/C29H23ClN4O4/c1-38-29(37)26-24(16-31-28(36)20-15-32-33(18-20)17-19-8-4-2-5-9-19)27(35)23-13-12-21(30)14-25(23)34(26)22-10-6-3-7-11-22/h2-15,18H,16-17H2,1H3,(H,31,36). The number of aromatic nitrogens is 3. The van der Waals surface area contributed by atoms with Crippen LogP contribution in [0.25, 0.3) is 16.6 Å². The van der Waals surface area contributed by atoms with Gasteiger partial charge in [0.2, 0.25) is 0 Å². The lowest BCUT2D eigenvalue weighted by atomic mass is 10.1. The van der Waals surface area contributed by atoms with Crippen LogP contribution >= 0.6 is 11.6 Å². The van der Waals surface area contributed by atoms with Crippen LogP contribution in [0.5, 0.6) is 0 Å². The Balaban J connectivity index is 1.53. The molecule has 9 heteroatoms. The first-order valence-electron chi connectivity index (χ1n) is 11.8. The average Bonchev–Trinajstić information content (AvgIpc) is 3.41. The van der Waals surface area contributed by atoms with Gasteiger partial charge >= 0.3 is 5.97 Å². The van der Waals surface area contributed by atoms with Crippen LogP contribution < -0.4 is 10.7 Å². The van der Waals surface area contributed by atoms with Gasteiger partial charge in [-0.1, -0.05) is 60.1 Å². The number of halogens is 1. The Morgan fingerprint density at radius 1 is 1.00 bits per heavy atom. The van der Waals surface area contributed by atoms with Gasteiger partial charge in [0.25, 0.3) is 5.91 Å². The zero-order valence-electron chi connectivity index (χ0n) is 20.4. The van der Waals surface area contributed by atoms with Gasteiger partial charge in [0.15, 0.2) is 5.43 Å². The summed E-state index contributed by atoms with van der Waals surface area (Å²) in [4.78, 5) is 39.7. The van der Waals surface area contributed by atoms with Gasteiger partial charge in [0, 0.05) is 28.8 Å². The van der Waals surface area contributed by atoms with Crippen molar-refractivity contribution in [2.75, 3.05) is 7.11 Å². The van der Waals surface area contributed by atoms with E-state index in [9.17, 15) is 14.4 Å². The number of nitrogens with zero attached hydrogens (tertiary/aromatic N) is 3. The third-order valence-electron chi connectivity index (χ3n) is 6.13. The zero-order chi connectivity index (χ0) is 26.6. The summed E-state index contributed by atoms with van der Waals surface area (Å²) in [6.45, 7) is 0.312. The molecular formula is C29H23ClN4O4. The number of hydrogen-bond acceptors (Lipinski definition) is 5. The van der Waals surface area contributed by atoms with E-state index in [-0.39, 0.29) is 17.8 Å². The summed E-state index contributed by atoms with van der Waals surface area (Å²) in [5.74, 6) is -1.14. The largest absolute Gasteiger partial charge is 0.464 e. The van der Waals surface area contributed by atoms with Crippen molar-refractivity contribution in [3.63, 3.8) is 0 Å². The van der Waals surface area contributed by atoms with Crippen LogP contribution in [0.1, 0.15) is 32.0 Å². The molecule has 0 bridgehead atoms. The molecule has 0 saturated heterocycles. The lowest BCUT2D eigenvalue weighted by Gasteiger charge is -2.19. The smallest absolute Gasteiger partial charge is 0.355 e. The Kier molecular flexibility index (Phi) is 7.06. The molecule has 2 heterocycles. The predicted octanol–water partition coefficient (Wildman–Crippen LogP) is 4.61. The second-order valence-corrected chi connectivity index (χ2v) is 9.01. The molecule has 0 atom stereocenters. The van der Waals surface area contributed by atoms with Crippen molar-refractivity contribution < 1.29 is 14.3 Å². The summed E-state index contributed by atoms with van der Waals surface area (Å²) in [7, 11) is 1.24. The van der Waals surface area contributed by atoms with E-state index in [0.717, 1.165) is 5.56 Å². The first-order chi connectivity index (χ1) is 18.5. The van der Waals surface area contributed by atoms with Gasteiger partial charge in [0.05, 0.1) is 36.5 Å². The molecule has 0 fully saturated rings. The number of rotatable bonds is 7. The number of pyridine rings is 1. The van der Waals surface area contributed by atoms with E-state index in [0.29, 0.717) is 33.7 Å². The van der Waals surface area contributed by atoms with Crippen molar-refractivity contribution in [1.82, 2.24) is 19.7 Å². The number of fused-ring (bicyclic) bond motifs is 1. The molecule has 1 N–H and O–H groups in total. The van der Waals surface area contributed by atoms with Gasteiger partial charge in [-0.15, -0.1) is 0 Å². The first-order valence-corrected chi connectivity index (χ1v) is 12.2. The van der Waals surface area contributed by atoms with Crippen LogP contribution in [-0.2, 0) is 17.8 Å². The van der Waals surface area contributed by atoms with Gasteiger partial charge in [-0.3, -0.25) is 14.3 Å². The minimum Gasteiger partial charge on any atom is -0.464 e. The molecule has 190 valence electrons. The molecule has 0 aliphatic rings. The van der Waals surface area contributed by atoms with Crippen LogP contribution in [0.4, 0.5) is 0 Å². The number of carbonyl (C=O) groups is 2. The molecular weight excluding hydrogens is 504 g/mol. The number of carbonyl (C=O) groups excluding carboxylic acids is 2. The summed E-state index contributed by atoms with van der Waals surface area (Å²) in [6.07, 6.45) is 3.10. The Morgan fingerprint density at radius 2 is 1.71 bits per heavy atom. The molecule has 38 heavy (non-hydrogen) atoms. The highest BCUT2D eigenvalue weighted by molar-refractivity contribution is 6.31. The van der Waals surface area contributed by atoms with Crippen LogP contribution in [0.15, 0.2) is 96.1 Å². The Bertz CT molecular complexity index is 1700. The molecule has 5 rings (SSSR count). The fourth-order valence-electron chi connectivity index (χ4n) is 4.34. The predicted molar refractivity (Wildman–Crippen MR) is 145 cm³/mol. The zero-order valence-corrected chi connectivity index (χ0v) is 21.2. The lowest BCUT2D eigenvalue weighted by Crippen LogP contribution is -2.31. The van der Waals surface area contributed by atoms with E-state index < -0.39 is 17.3 Å². The number of ether oxygens (including phenoxy) is 1. The highest BCUT2D eigenvalue weighted by Gasteiger charge is 2.25. The van der Waals surface area contributed by atoms with E-state index in [2.05, 4.69) is 10.4 Å². The lowest BCUT2D eigenvalue weighted by molar-refractivity contribution is 0.0589. The van der Waals surface area contributed by atoms with Gasteiger partial charge in [-0.2, -0.15) is 5.10 Å². The maximum atomic E-state index is 13.6. The Hall–Kier alpha value is -4.69. The number of benzene rings is 3. The molecule has 5 aromatic rings. The third kappa shape index (κ3) is 4.94. The molecule has 0 radical (unpaired) electrons. The number of amides is 1. The van der Waals surface area contributed by atoms with Crippen LogP contribution in [0.3, 0.4) is 0 Å². The van der Waals surface area contributed by atoms with E-state index in [1.807, 2.05) is 48.5 Å². The highest BCUT2D eigenvalue weighted by Crippen LogP contribution is 2.25. The van der Waals surface area contributed by atoms with Crippen molar-refractivity contribution >= 4 is 34.4 Å². The summed E-state index contributed by atoms with van der Waals surface area (Å²) in [6, 6.07) is 23.7. The molecule has 3 aromatic carbocycles. The quantitative estimate of drug-likeness (QED) is 0.313. The molecule has 2 aromatic heterocycles. The van der Waals surface area contributed by atoms with E-state index >= 15 is 0 Å². The highest BCUT2D eigenvalue weighted by atomic mass is 35.5. The minimum atomic E-state index is -0.715. The van der Waals surface area contributed by atoms with Gasteiger partial charge in [-0.25, -0.2) is 4.79 Å². The normalized spacial score (nSPS) is 10.9. The molecule has 1 amide bonds. The second kappa shape index (κ2) is 10.7. The maximum Gasteiger partial charge on any atom is 0.355 e. The second-order valence-electron chi connectivity index (χ2n) is 8.58. The number of hydrogen-bond donors (Lipinski definition) is 1. The average molecular weight is 527 g/mol. The van der Waals surface area contributed by atoms with E-state index in [1.54, 1.807) is 45.8 Å². The number of methoxy groups -OCH3 is 1. The summed E-state index contributed by atoms with van der Waals surface area (Å²) < 4.78 is 8.36. The summed E-state index contributed by atoms with van der Waals surface area (Å²) in [5.41, 5.74) is 2.17. The van der Waals surface area contributed by atoms with Crippen molar-refractivity contribution in [2.45, 2.75) is 13.1 Å². The van der Waals surface area contributed by atoms with Crippen molar-refractivity contribution in [3.8, 4) is 5.69 Å². The SMILES string of the molecule is COC(=O)c1c(CNC(=O)c2cnn(Cc3ccccc3)c2)c(=O)c2ccc(Cl)cc2n1-c1ccccc1. The number of nitrogens with one attached hydrogen (secondary N) is 1.